The minimum Gasteiger partial charge on any atom is -0.497 e. The van der Waals surface area contributed by atoms with E-state index in [9.17, 15) is 22.4 Å². The molecule has 10 heteroatoms. The molecule has 4 aromatic carbocycles. The maximum Gasteiger partial charge on any atom is 0.264 e. The Kier molecular flexibility index (Phi) is 10.7. The number of nitrogens with zero attached hydrogens (tertiary/aromatic N) is 2. The Morgan fingerprint density at radius 2 is 1.52 bits per heavy atom. The summed E-state index contributed by atoms with van der Waals surface area (Å²) in [7, 11) is -2.76. The predicted octanol–water partition coefficient (Wildman–Crippen LogP) is 5.73. The Balaban J connectivity index is 1.56. The standard InChI is InChI=1S/C36H38FN3O5S/c1-45-32-16-10-15-31(24-32)40(46(43,44)33-17-6-3-7-18-33)26-35(41)39(25-28-19-21-29(37)22-20-28)34(23-27-11-4-2-5-12-27)36(42)38-30-13-8-9-14-30/h2-7,10-12,15-22,24,30,34H,8-9,13-14,23,25-26H2,1H3,(H,38,42)/t34-/m1/s1. The minimum absolute atomic E-state index is 0.000266. The zero-order chi connectivity index (χ0) is 32.5. The average molecular weight is 644 g/mol. The first-order valence-electron chi connectivity index (χ1n) is 15.3. The molecule has 0 aromatic heterocycles. The zero-order valence-electron chi connectivity index (χ0n) is 25.7. The quantitative estimate of drug-likeness (QED) is 0.201. The smallest absolute Gasteiger partial charge is 0.264 e. The molecule has 1 aliphatic rings. The average Bonchev–Trinajstić information content (AvgIpc) is 3.59. The Morgan fingerprint density at radius 1 is 0.870 bits per heavy atom. The third-order valence-corrected chi connectivity index (χ3v) is 9.98. The van der Waals surface area contributed by atoms with Crippen LogP contribution in [-0.2, 0) is 32.6 Å². The number of methoxy groups -OCH3 is 1. The largest absolute Gasteiger partial charge is 0.497 e. The van der Waals surface area contributed by atoms with Gasteiger partial charge >= 0.3 is 0 Å². The normalized spacial score (nSPS) is 14.0. The fourth-order valence-corrected chi connectivity index (χ4v) is 7.15. The lowest BCUT2D eigenvalue weighted by Crippen LogP contribution is -2.54. The van der Waals surface area contributed by atoms with Crippen molar-refractivity contribution in [2.45, 2.75) is 55.6 Å². The third kappa shape index (κ3) is 8.11. The van der Waals surface area contributed by atoms with Gasteiger partial charge in [0.2, 0.25) is 11.8 Å². The molecule has 2 amide bonds. The van der Waals surface area contributed by atoms with E-state index in [1.165, 1.54) is 36.3 Å². The number of carbonyl (C=O) groups is 2. The van der Waals surface area contributed by atoms with Crippen molar-refractivity contribution in [3.8, 4) is 5.75 Å². The van der Waals surface area contributed by atoms with Crippen LogP contribution in [-0.4, -0.2) is 50.9 Å². The molecule has 1 N–H and O–H groups in total. The summed E-state index contributed by atoms with van der Waals surface area (Å²) < 4.78 is 48.5. The predicted molar refractivity (Wildman–Crippen MR) is 175 cm³/mol. The zero-order valence-corrected chi connectivity index (χ0v) is 26.5. The van der Waals surface area contributed by atoms with Crippen molar-refractivity contribution in [2.24, 2.45) is 0 Å². The van der Waals surface area contributed by atoms with Gasteiger partial charge in [0.15, 0.2) is 0 Å². The Bertz CT molecular complexity index is 1710. The van der Waals surface area contributed by atoms with Crippen LogP contribution in [0.25, 0.3) is 0 Å². The van der Waals surface area contributed by atoms with Crippen LogP contribution in [0.2, 0.25) is 0 Å². The number of benzene rings is 4. The van der Waals surface area contributed by atoms with Gasteiger partial charge in [-0.3, -0.25) is 13.9 Å². The van der Waals surface area contributed by atoms with Gasteiger partial charge in [0, 0.05) is 25.1 Å². The third-order valence-electron chi connectivity index (χ3n) is 8.19. The first-order valence-corrected chi connectivity index (χ1v) is 16.8. The molecule has 0 spiro atoms. The maximum absolute atomic E-state index is 14.5. The van der Waals surface area contributed by atoms with Crippen LogP contribution in [0.4, 0.5) is 10.1 Å². The lowest BCUT2D eigenvalue weighted by atomic mass is 10.0. The van der Waals surface area contributed by atoms with Gasteiger partial charge in [0.1, 0.15) is 24.2 Å². The van der Waals surface area contributed by atoms with Gasteiger partial charge in [-0.1, -0.05) is 79.6 Å². The van der Waals surface area contributed by atoms with Crippen molar-refractivity contribution in [3.63, 3.8) is 0 Å². The number of nitrogens with one attached hydrogen (secondary N) is 1. The van der Waals surface area contributed by atoms with E-state index >= 15 is 0 Å². The van der Waals surface area contributed by atoms with Gasteiger partial charge in [-0.25, -0.2) is 12.8 Å². The molecule has 0 aliphatic heterocycles. The van der Waals surface area contributed by atoms with Crippen LogP contribution in [0.3, 0.4) is 0 Å². The summed E-state index contributed by atoms with van der Waals surface area (Å²) in [5.41, 5.74) is 1.67. The monoisotopic (exact) mass is 643 g/mol. The minimum atomic E-state index is -4.23. The molecule has 240 valence electrons. The molecule has 0 saturated heterocycles. The molecule has 4 aromatic rings. The summed E-state index contributed by atoms with van der Waals surface area (Å²) in [5.74, 6) is -0.918. The van der Waals surface area contributed by atoms with Crippen LogP contribution in [0, 0.1) is 5.82 Å². The summed E-state index contributed by atoms with van der Waals surface area (Å²) in [6.45, 7) is -0.625. The molecule has 1 aliphatic carbocycles. The van der Waals surface area contributed by atoms with Gasteiger partial charge in [-0.05, 0) is 60.4 Å². The molecule has 1 atom stereocenters. The maximum atomic E-state index is 14.5. The highest BCUT2D eigenvalue weighted by Gasteiger charge is 2.35. The van der Waals surface area contributed by atoms with Gasteiger partial charge in [0.25, 0.3) is 10.0 Å². The van der Waals surface area contributed by atoms with Crippen LogP contribution in [0.1, 0.15) is 36.8 Å². The number of hydrogen-bond donors (Lipinski definition) is 1. The molecule has 1 saturated carbocycles. The summed E-state index contributed by atoms with van der Waals surface area (Å²) >= 11 is 0. The molecule has 1 fully saturated rings. The number of amides is 2. The number of ether oxygens (including phenoxy) is 1. The van der Waals surface area contributed by atoms with Crippen molar-refractivity contribution >= 4 is 27.5 Å². The molecule has 0 unspecified atom stereocenters. The molecule has 0 heterocycles. The topological polar surface area (TPSA) is 96.0 Å². The molecule has 0 radical (unpaired) electrons. The summed E-state index contributed by atoms with van der Waals surface area (Å²) in [6, 6.07) is 28.5. The number of carbonyl (C=O) groups excluding carboxylic acids is 2. The van der Waals surface area contributed by atoms with Gasteiger partial charge < -0.3 is 15.0 Å². The van der Waals surface area contributed by atoms with Crippen molar-refractivity contribution < 1.29 is 27.1 Å². The first kappa shape index (κ1) is 32.7. The van der Waals surface area contributed by atoms with Gasteiger partial charge in [0.05, 0.1) is 17.7 Å². The lowest BCUT2D eigenvalue weighted by molar-refractivity contribution is -0.140. The highest BCUT2D eigenvalue weighted by molar-refractivity contribution is 7.92. The van der Waals surface area contributed by atoms with E-state index in [2.05, 4.69) is 5.32 Å². The van der Waals surface area contributed by atoms with E-state index in [0.717, 1.165) is 35.6 Å². The van der Waals surface area contributed by atoms with Crippen molar-refractivity contribution in [1.82, 2.24) is 10.2 Å². The second kappa shape index (κ2) is 15.1. The van der Waals surface area contributed by atoms with Crippen LogP contribution < -0.4 is 14.4 Å². The van der Waals surface area contributed by atoms with Crippen LogP contribution in [0.5, 0.6) is 5.75 Å². The Hall–Kier alpha value is -4.70. The fourth-order valence-electron chi connectivity index (χ4n) is 5.72. The molecular weight excluding hydrogens is 605 g/mol. The second-order valence-electron chi connectivity index (χ2n) is 11.4. The number of halogens is 1. The van der Waals surface area contributed by atoms with Crippen molar-refractivity contribution in [2.75, 3.05) is 18.0 Å². The summed E-state index contributed by atoms with van der Waals surface area (Å²) in [6.07, 6.45) is 3.94. The first-order chi connectivity index (χ1) is 22.2. The summed E-state index contributed by atoms with van der Waals surface area (Å²) in [5, 5.41) is 3.14. The van der Waals surface area contributed by atoms with E-state index in [0.29, 0.717) is 11.3 Å². The molecule has 8 nitrogen and oxygen atoms in total. The van der Waals surface area contributed by atoms with E-state index in [1.807, 2.05) is 30.3 Å². The number of sulfonamides is 1. The molecular formula is C36H38FN3O5S. The summed E-state index contributed by atoms with van der Waals surface area (Å²) in [4.78, 5) is 30.0. The van der Waals surface area contributed by atoms with Gasteiger partial charge in [-0.2, -0.15) is 0 Å². The van der Waals surface area contributed by atoms with E-state index in [-0.39, 0.29) is 35.5 Å². The van der Waals surface area contributed by atoms with E-state index in [1.54, 1.807) is 54.6 Å². The molecule has 0 bridgehead atoms. The highest BCUT2D eigenvalue weighted by Crippen LogP contribution is 2.28. The Morgan fingerprint density at radius 3 is 2.17 bits per heavy atom. The van der Waals surface area contributed by atoms with Crippen LogP contribution in [0.15, 0.2) is 114 Å². The van der Waals surface area contributed by atoms with Crippen LogP contribution >= 0.6 is 0 Å². The van der Waals surface area contributed by atoms with E-state index in [4.69, 9.17) is 4.74 Å². The number of anilines is 1. The van der Waals surface area contributed by atoms with Crippen molar-refractivity contribution in [1.29, 1.82) is 0 Å². The van der Waals surface area contributed by atoms with Gasteiger partial charge in [-0.15, -0.1) is 0 Å². The second-order valence-corrected chi connectivity index (χ2v) is 13.2. The molecule has 5 rings (SSSR count). The Labute approximate surface area is 269 Å². The lowest BCUT2D eigenvalue weighted by Gasteiger charge is -2.34. The number of hydrogen-bond acceptors (Lipinski definition) is 5. The van der Waals surface area contributed by atoms with Crippen molar-refractivity contribution in [3.05, 3.63) is 126 Å². The fraction of sp³-hybridized carbons (Fsp3) is 0.278. The van der Waals surface area contributed by atoms with E-state index < -0.39 is 34.3 Å². The number of rotatable bonds is 13. The SMILES string of the molecule is COc1cccc(N(CC(=O)N(Cc2ccc(F)cc2)[C@H](Cc2ccccc2)C(=O)NC2CCCC2)S(=O)(=O)c2ccccc2)c1. The highest BCUT2D eigenvalue weighted by atomic mass is 32.2. The molecule has 46 heavy (non-hydrogen) atoms.